The molecule has 1 aromatic carbocycles. The fourth-order valence-corrected chi connectivity index (χ4v) is 6.37. The van der Waals surface area contributed by atoms with Crippen LogP contribution >= 0.6 is 23.4 Å². The summed E-state index contributed by atoms with van der Waals surface area (Å²) in [5.74, 6) is -1.98. The highest BCUT2D eigenvalue weighted by atomic mass is 35.5. The Morgan fingerprint density at radius 1 is 1.34 bits per heavy atom. The molecule has 16 heteroatoms. The molecule has 2 aromatic rings. The van der Waals surface area contributed by atoms with Gasteiger partial charge in [0.2, 0.25) is 17.7 Å². The Morgan fingerprint density at radius 2 is 2.05 bits per heavy atom. The van der Waals surface area contributed by atoms with Gasteiger partial charge in [-0.2, -0.15) is 4.68 Å². The zero-order valence-corrected chi connectivity index (χ0v) is 22.5. The van der Waals surface area contributed by atoms with Crippen LogP contribution in [-0.2, 0) is 23.9 Å². The summed E-state index contributed by atoms with van der Waals surface area (Å²) in [6.07, 6.45) is -0.798. The first kappa shape index (κ1) is 27.6. The molecule has 38 heavy (non-hydrogen) atoms. The van der Waals surface area contributed by atoms with Gasteiger partial charge in [-0.05, 0) is 48.9 Å². The largest absolute Gasteiger partial charge is 0.506 e. The van der Waals surface area contributed by atoms with E-state index in [4.69, 9.17) is 22.1 Å². The van der Waals surface area contributed by atoms with Crippen LogP contribution in [0.3, 0.4) is 0 Å². The first-order chi connectivity index (χ1) is 17.9. The van der Waals surface area contributed by atoms with Crippen molar-refractivity contribution < 1.29 is 29.0 Å². The SMILES string of the molecule is CC(=O)OC(C)n1nnnc1C1N2C(=O)C(NC(=O)C(NC(=O)CN)c3ccc(O)c(Cl)c3)C2SC1(C)C. The second kappa shape index (κ2) is 10.4. The lowest BCUT2D eigenvalue weighted by atomic mass is 9.94. The molecular formula is C22H27ClN8O6S. The van der Waals surface area contributed by atoms with Crippen LogP contribution in [0.1, 0.15) is 57.4 Å². The number of rotatable bonds is 8. The van der Waals surface area contributed by atoms with Crippen molar-refractivity contribution in [2.45, 2.75) is 62.2 Å². The maximum atomic E-state index is 13.3. The number of halogens is 1. The number of thioether (sulfide) groups is 1. The normalized spacial score (nSPS) is 23.2. The van der Waals surface area contributed by atoms with Crippen molar-refractivity contribution in [2.24, 2.45) is 5.73 Å². The molecule has 5 atom stereocenters. The topological polar surface area (TPSA) is 195 Å². The lowest BCUT2D eigenvalue weighted by molar-refractivity contribution is -0.154. The number of tetrazole rings is 1. The van der Waals surface area contributed by atoms with Gasteiger partial charge in [-0.3, -0.25) is 19.2 Å². The molecule has 2 fully saturated rings. The first-order valence-corrected chi connectivity index (χ1v) is 12.8. The van der Waals surface area contributed by atoms with Crippen molar-refractivity contribution >= 4 is 47.1 Å². The zero-order chi connectivity index (χ0) is 27.9. The minimum atomic E-state index is -1.21. The van der Waals surface area contributed by atoms with Gasteiger partial charge in [0.25, 0.3) is 0 Å². The molecule has 204 valence electrons. The number of hydrogen-bond donors (Lipinski definition) is 4. The van der Waals surface area contributed by atoms with E-state index in [0.29, 0.717) is 11.4 Å². The summed E-state index contributed by atoms with van der Waals surface area (Å²) in [6.45, 7) is 6.37. The van der Waals surface area contributed by atoms with Gasteiger partial charge in [0.05, 0.1) is 11.6 Å². The minimum absolute atomic E-state index is 0.00941. The molecule has 0 radical (unpaired) electrons. The number of carbonyl (C=O) groups excluding carboxylic acids is 4. The van der Waals surface area contributed by atoms with Gasteiger partial charge in [-0.1, -0.05) is 17.7 Å². The summed E-state index contributed by atoms with van der Waals surface area (Å²) >= 11 is 7.46. The van der Waals surface area contributed by atoms with Crippen LogP contribution in [0, 0.1) is 0 Å². The van der Waals surface area contributed by atoms with Gasteiger partial charge in [-0.15, -0.1) is 16.9 Å². The number of nitrogens with two attached hydrogens (primary N) is 1. The zero-order valence-electron chi connectivity index (χ0n) is 20.9. The minimum Gasteiger partial charge on any atom is -0.506 e. The third kappa shape index (κ3) is 5.00. The van der Waals surface area contributed by atoms with Crippen molar-refractivity contribution in [1.82, 2.24) is 35.7 Å². The molecule has 5 N–H and O–H groups in total. The first-order valence-electron chi connectivity index (χ1n) is 11.6. The molecule has 14 nitrogen and oxygen atoms in total. The number of amides is 3. The van der Waals surface area contributed by atoms with Crippen LogP contribution in [0.5, 0.6) is 5.75 Å². The number of phenols is 1. The highest BCUT2D eigenvalue weighted by molar-refractivity contribution is 8.01. The van der Waals surface area contributed by atoms with E-state index in [1.165, 1.54) is 41.6 Å². The number of β-lactam (4-membered cyclic amide) rings is 1. The van der Waals surface area contributed by atoms with E-state index in [2.05, 4.69) is 26.2 Å². The molecular weight excluding hydrogens is 540 g/mol. The van der Waals surface area contributed by atoms with Gasteiger partial charge in [-0.25, -0.2) is 0 Å². The molecule has 3 heterocycles. The number of phenolic OH excluding ortho intramolecular Hbond substituents is 1. The fraction of sp³-hybridized carbons (Fsp3) is 0.500. The molecule has 1 aromatic heterocycles. The van der Waals surface area contributed by atoms with Gasteiger partial charge in [0.1, 0.15) is 29.2 Å². The van der Waals surface area contributed by atoms with Crippen molar-refractivity contribution in [1.29, 1.82) is 0 Å². The predicted molar refractivity (Wildman–Crippen MR) is 134 cm³/mol. The second-order valence-corrected chi connectivity index (χ2v) is 11.5. The molecule has 3 amide bonds. The second-order valence-electron chi connectivity index (χ2n) is 9.35. The van der Waals surface area contributed by atoms with Crippen LogP contribution in [0.2, 0.25) is 5.02 Å². The maximum Gasteiger partial charge on any atom is 0.304 e. The summed E-state index contributed by atoms with van der Waals surface area (Å²) in [6, 6.07) is 1.40. The van der Waals surface area contributed by atoms with E-state index in [1.54, 1.807) is 11.8 Å². The van der Waals surface area contributed by atoms with E-state index in [9.17, 15) is 24.3 Å². The summed E-state index contributed by atoms with van der Waals surface area (Å²) < 4.78 is 6.00. The number of benzene rings is 1. The van der Waals surface area contributed by atoms with Crippen molar-refractivity contribution in [2.75, 3.05) is 6.54 Å². The number of carbonyl (C=O) groups is 4. The Kier molecular flexibility index (Phi) is 7.54. The number of nitrogens with zero attached hydrogens (tertiary/aromatic N) is 5. The number of hydrogen-bond acceptors (Lipinski definition) is 11. The Hall–Kier alpha value is -3.43. The smallest absolute Gasteiger partial charge is 0.304 e. The fourth-order valence-electron chi connectivity index (χ4n) is 4.55. The number of fused-ring (bicyclic) bond motifs is 1. The Labute approximate surface area is 226 Å². The van der Waals surface area contributed by atoms with Crippen LogP contribution < -0.4 is 16.4 Å². The van der Waals surface area contributed by atoms with E-state index >= 15 is 0 Å². The monoisotopic (exact) mass is 566 g/mol. The van der Waals surface area contributed by atoms with Crippen molar-refractivity contribution in [3.63, 3.8) is 0 Å². The summed E-state index contributed by atoms with van der Waals surface area (Å²) in [5, 5.41) is 26.3. The molecule has 0 spiro atoms. The highest BCUT2D eigenvalue weighted by Crippen LogP contribution is 2.57. The summed E-state index contributed by atoms with van der Waals surface area (Å²) in [5.41, 5.74) is 5.71. The number of ether oxygens (including phenoxy) is 1. The molecule has 2 aliphatic heterocycles. The molecule has 4 rings (SSSR count). The number of esters is 1. The molecule has 2 aliphatic rings. The van der Waals surface area contributed by atoms with Gasteiger partial charge in [0, 0.05) is 11.7 Å². The van der Waals surface area contributed by atoms with Crippen molar-refractivity contribution in [3.05, 3.63) is 34.6 Å². The van der Waals surface area contributed by atoms with Gasteiger partial charge in [0.15, 0.2) is 12.1 Å². The summed E-state index contributed by atoms with van der Waals surface area (Å²) in [4.78, 5) is 51.7. The Balaban J connectivity index is 1.56. The Bertz CT molecular complexity index is 1290. The van der Waals surface area contributed by atoms with Crippen LogP contribution in [0.4, 0.5) is 0 Å². The van der Waals surface area contributed by atoms with Crippen LogP contribution in [0.15, 0.2) is 18.2 Å². The van der Waals surface area contributed by atoms with Gasteiger partial charge < -0.3 is 31.1 Å². The summed E-state index contributed by atoms with van der Waals surface area (Å²) in [7, 11) is 0. The lowest BCUT2D eigenvalue weighted by Crippen LogP contribution is -2.68. The molecule has 0 aliphatic carbocycles. The number of aromatic hydroxyl groups is 1. The highest BCUT2D eigenvalue weighted by Gasteiger charge is 2.63. The van der Waals surface area contributed by atoms with Crippen molar-refractivity contribution in [3.8, 4) is 5.75 Å². The number of nitrogens with one attached hydrogen (secondary N) is 2. The molecule has 5 unspecified atom stereocenters. The maximum absolute atomic E-state index is 13.3. The molecule has 0 saturated carbocycles. The van der Waals surface area contributed by atoms with E-state index < -0.39 is 52.3 Å². The third-order valence-corrected chi connectivity index (χ3v) is 8.11. The van der Waals surface area contributed by atoms with Crippen LogP contribution in [0.25, 0.3) is 0 Å². The Morgan fingerprint density at radius 3 is 2.68 bits per heavy atom. The standard InChI is InChI=1S/C22H27ClN8O6S/c1-9(37-10(2)32)31-18(27-28-29-31)17-22(3,4)38-21-16(20(36)30(17)21)26-19(35)15(25-14(34)8-24)11-5-6-13(33)12(23)7-11/h5-7,9,15-17,21,33H,8,24H2,1-4H3,(H,25,34)(H,26,35). The quantitative estimate of drug-likeness (QED) is 0.251. The lowest BCUT2D eigenvalue weighted by Gasteiger charge is -2.44. The number of aromatic nitrogens is 4. The molecule has 2 saturated heterocycles. The van der Waals surface area contributed by atoms with E-state index in [1.807, 2.05) is 13.8 Å². The third-order valence-electron chi connectivity index (χ3n) is 6.24. The van der Waals surface area contributed by atoms with E-state index in [-0.39, 0.29) is 23.2 Å². The average Bonchev–Trinajstić information content (AvgIpc) is 3.42. The van der Waals surface area contributed by atoms with E-state index in [0.717, 1.165) is 0 Å². The average molecular weight is 567 g/mol. The van der Waals surface area contributed by atoms with Crippen LogP contribution in [-0.4, -0.2) is 76.6 Å². The molecule has 0 bridgehead atoms. The predicted octanol–water partition coefficient (Wildman–Crippen LogP) is 0.150. The van der Waals surface area contributed by atoms with Gasteiger partial charge >= 0.3 is 5.97 Å².